The van der Waals surface area contributed by atoms with Crippen molar-refractivity contribution in [2.24, 2.45) is 0 Å². The van der Waals surface area contributed by atoms with Crippen molar-refractivity contribution in [1.82, 2.24) is 9.97 Å². The number of anilines is 1. The zero-order valence-corrected chi connectivity index (χ0v) is 12.7. The van der Waals surface area contributed by atoms with Crippen LogP contribution in [0.25, 0.3) is 11.4 Å². The van der Waals surface area contributed by atoms with Gasteiger partial charge in [-0.3, -0.25) is 0 Å². The summed E-state index contributed by atoms with van der Waals surface area (Å²) in [6, 6.07) is 5.80. The first kappa shape index (κ1) is 14.3. The van der Waals surface area contributed by atoms with Crippen LogP contribution < -0.4 is 5.32 Å². The number of hydrogen-bond donors (Lipinski definition) is 2. The minimum absolute atomic E-state index is 0.336. The first-order valence-electron chi connectivity index (χ1n) is 6.79. The second-order valence-electron chi connectivity index (χ2n) is 5.37. The molecule has 4 nitrogen and oxygen atoms in total. The first-order valence-corrected chi connectivity index (χ1v) is 6.79. The lowest BCUT2D eigenvalue weighted by molar-refractivity contribution is 0.467. The zero-order chi connectivity index (χ0) is 14.9. The lowest BCUT2D eigenvalue weighted by atomic mass is 10.0. The molecule has 1 aromatic carbocycles. The van der Waals surface area contributed by atoms with Crippen molar-refractivity contribution in [1.29, 1.82) is 0 Å². The molecular formula is C16H21N3O. The smallest absolute Gasteiger partial charge is 0.161 e. The molecule has 20 heavy (non-hydrogen) atoms. The van der Waals surface area contributed by atoms with E-state index in [1.165, 1.54) is 0 Å². The van der Waals surface area contributed by atoms with Crippen LogP contribution in [0.15, 0.2) is 18.2 Å². The molecule has 0 atom stereocenters. The number of aryl methyl sites for hydroxylation is 2. The van der Waals surface area contributed by atoms with Crippen LogP contribution in [-0.2, 0) is 0 Å². The average Bonchev–Trinajstić information content (AvgIpc) is 2.43. The second kappa shape index (κ2) is 5.49. The Bertz CT molecular complexity index is 613. The van der Waals surface area contributed by atoms with Gasteiger partial charge in [0.15, 0.2) is 5.82 Å². The number of nitrogens with one attached hydrogen (secondary N) is 1. The van der Waals surface area contributed by atoms with Crippen molar-refractivity contribution in [3.8, 4) is 17.1 Å². The number of hydrogen-bond acceptors (Lipinski definition) is 4. The molecule has 0 radical (unpaired) electrons. The molecule has 0 aliphatic carbocycles. The topological polar surface area (TPSA) is 58.0 Å². The van der Waals surface area contributed by atoms with Crippen molar-refractivity contribution in [2.45, 2.75) is 33.6 Å². The molecule has 2 aromatic rings. The SMILES string of the molecule is CNc1cc(C(C)C)nc(-c2cc(C)c(O)c(C)c2)n1. The number of phenolic OH excluding ortho intramolecular Hbond substituents is 1. The summed E-state index contributed by atoms with van der Waals surface area (Å²) in [6.07, 6.45) is 0. The molecule has 0 bridgehead atoms. The molecule has 0 fully saturated rings. The van der Waals surface area contributed by atoms with E-state index in [-0.39, 0.29) is 0 Å². The maximum atomic E-state index is 9.87. The van der Waals surface area contributed by atoms with Gasteiger partial charge in [-0.25, -0.2) is 9.97 Å². The first-order chi connectivity index (χ1) is 9.42. The van der Waals surface area contributed by atoms with E-state index in [0.717, 1.165) is 28.2 Å². The molecule has 1 aromatic heterocycles. The largest absolute Gasteiger partial charge is 0.507 e. The summed E-state index contributed by atoms with van der Waals surface area (Å²) in [6.45, 7) is 7.99. The van der Waals surface area contributed by atoms with Crippen LogP contribution in [0.3, 0.4) is 0 Å². The highest BCUT2D eigenvalue weighted by Crippen LogP contribution is 2.28. The van der Waals surface area contributed by atoms with Crippen LogP contribution in [0.4, 0.5) is 5.82 Å². The number of aromatic hydroxyl groups is 1. The third-order valence-electron chi connectivity index (χ3n) is 3.34. The Balaban J connectivity index is 2.60. The standard InChI is InChI=1S/C16H21N3O/c1-9(2)13-8-14(17-5)19-16(18-13)12-6-10(3)15(20)11(4)7-12/h6-9,20H,1-5H3,(H,17,18,19). The molecule has 0 amide bonds. The number of nitrogens with zero attached hydrogens (tertiary/aromatic N) is 2. The summed E-state index contributed by atoms with van der Waals surface area (Å²) in [5.74, 6) is 2.17. The van der Waals surface area contributed by atoms with E-state index in [1.54, 1.807) is 0 Å². The monoisotopic (exact) mass is 271 g/mol. The average molecular weight is 271 g/mol. The minimum Gasteiger partial charge on any atom is -0.507 e. The van der Waals surface area contributed by atoms with E-state index >= 15 is 0 Å². The summed E-state index contributed by atoms with van der Waals surface area (Å²) in [7, 11) is 1.85. The van der Waals surface area contributed by atoms with Crippen LogP contribution in [0.5, 0.6) is 5.75 Å². The third kappa shape index (κ3) is 2.74. The van der Waals surface area contributed by atoms with Gasteiger partial charge in [0, 0.05) is 24.4 Å². The van der Waals surface area contributed by atoms with Gasteiger partial charge in [0.25, 0.3) is 0 Å². The molecule has 4 heteroatoms. The van der Waals surface area contributed by atoms with E-state index in [0.29, 0.717) is 17.5 Å². The van der Waals surface area contributed by atoms with Crippen molar-refractivity contribution < 1.29 is 5.11 Å². The zero-order valence-electron chi connectivity index (χ0n) is 12.7. The van der Waals surface area contributed by atoms with Gasteiger partial charge in [-0.2, -0.15) is 0 Å². The molecule has 0 aliphatic rings. The Labute approximate surface area is 119 Å². The molecule has 0 saturated heterocycles. The van der Waals surface area contributed by atoms with Crippen LogP contribution >= 0.6 is 0 Å². The van der Waals surface area contributed by atoms with Gasteiger partial charge in [0.1, 0.15) is 11.6 Å². The predicted octanol–water partition coefficient (Wildman–Crippen LogP) is 3.63. The highest BCUT2D eigenvalue weighted by atomic mass is 16.3. The van der Waals surface area contributed by atoms with Crippen LogP contribution in [0.1, 0.15) is 36.6 Å². The van der Waals surface area contributed by atoms with E-state index in [1.807, 2.05) is 39.1 Å². The maximum Gasteiger partial charge on any atom is 0.161 e. The summed E-state index contributed by atoms with van der Waals surface area (Å²) in [5, 5.41) is 12.9. The lowest BCUT2D eigenvalue weighted by Crippen LogP contribution is -2.02. The molecule has 0 unspecified atom stereocenters. The molecule has 0 spiro atoms. The van der Waals surface area contributed by atoms with E-state index in [2.05, 4.69) is 29.1 Å². The van der Waals surface area contributed by atoms with E-state index in [9.17, 15) is 5.11 Å². The summed E-state index contributed by atoms with van der Waals surface area (Å²) in [5.41, 5.74) is 3.61. The Kier molecular flexibility index (Phi) is 3.93. The summed E-state index contributed by atoms with van der Waals surface area (Å²) < 4.78 is 0. The number of rotatable bonds is 3. The van der Waals surface area contributed by atoms with Gasteiger partial charge in [-0.05, 0) is 43.0 Å². The maximum absolute atomic E-state index is 9.87. The van der Waals surface area contributed by atoms with Crippen LogP contribution in [-0.4, -0.2) is 22.1 Å². The van der Waals surface area contributed by atoms with Gasteiger partial charge in [0.05, 0.1) is 0 Å². The molecule has 2 rings (SSSR count). The van der Waals surface area contributed by atoms with E-state index in [4.69, 9.17) is 0 Å². The van der Waals surface area contributed by atoms with Gasteiger partial charge in [0.2, 0.25) is 0 Å². The van der Waals surface area contributed by atoms with Crippen molar-refractivity contribution in [2.75, 3.05) is 12.4 Å². The highest BCUT2D eigenvalue weighted by molar-refractivity contribution is 5.62. The normalized spacial score (nSPS) is 10.9. The Morgan fingerprint density at radius 2 is 1.65 bits per heavy atom. The lowest BCUT2D eigenvalue weighted by Gasteiger charge is -2.12. The highest BCUT2D eigenvalue weighted by Gasteiger charge is 2.11. The van der Waals surface area contributed by atoms with Gasteiger partial charge in [-0.15, -0.1) is 0 Å². The van der Waals surface area contributed by atoms with Gasteiger partial charge >= 0.3 is 0 Å². The van der Waals surface area contributed by atoms with Gasteiger partial charge in [-0.1, -0.05) is 13.8 Å². The molecule has 106 valence electrons. The Morgan fingerprint density at radius 1 is 1.05 bits per heavy atom. The van der Waals surface area contributed by atoms with Crippen molar-refractivity contribution in [3.63, 3.8) is 0 Å². The fourth-order valence-electron chi connectivity index (χ4n) is 2.10. The minimum atomic E-state index is 0.336. The third-order valence-corrected chi connectivity index (χ3v) is 3.34. The summed E-state index contributed by atoms with van der Waals surface area (Å²) >= 11 is 0. The molecular weight excluding hydrogens is 250 g/mol. The van der Waals surface area contributed by atoms with Crippen molar-refractivity contribution in [3.05, 3.63) is 35.0 Å². The molecule has 0 aliphatic heterocycles. The van der Waals surface area contributed by atoms with Crippen molar-refractivity contribution >= 4 is 5.82 Å². The molecule has 1 heterocycles. The Morgan fingerprint density at radius 3 is 2.15 bits per heavy atom. The Hall–Kier alpha value is -2.10. The number of phenols is 1. The predicted molar refractivity (Wildman–Crippen MR) is 82.2 cm³/mol. The fourth-order valence-corrected chi connectivity index (χ4v) is 2.10. The molecule has 2 N–H and O–H groups in total. The quantitative estimate of drug-likeness (QED) is 0.895. The fraction of sp³-hybridized carbons (Fsp3) is 0.375. The van der Waals surface area contributed by atoms with Gasteiger partial charge < -0.3 is 10.4 Å². The number of benzene rings is 1. The summed E-state index contributed by atoms with van der Waals surface area (Å²) in [4.78, 5) is 9.14. The molecule has 0 saturated carbocycles. The van der Waals surface area contributed by atoms with Crippen LogP contribution in [0.2, 0.25) is 0 Å². The van der Waals surface area contributed by atoms with E-state index < -0.39 is 0 Å². The number of aromatic nitrogens is 2. The van der Waals surface area contributed by atoms with Crippen LogP contribution in [0, 0.1) is 13.8 Å². The second-order valence-corrected chi connectivity index (χ2v) is 5.37.